The Morgan fingerprint density at radius 2 is 1.68 bits per heavy atom. The summed E-state index contributed by atoms with van der Waals surface area (Å²) in [5.41, 5.74) is 0.504. The molecular weight excluding hydrogens is 373 g/mol. The van der Waals surface area contributed by atoms with Crippen molar-refractivity contribution in [3.8, 4) is 0 Å². The lowest BCUT2D eigenvalue weighted by molar-refractivity contribution is -0.137. The number of halogens is 3. The maximum absolute atomic E-state index is 12.6. The van der Waals surface area contributed by atoms with Crippen molar-refractivity contribution in [1.82, 2.24) is 5.32 Å². The van der Waals surface area contributed by atoms with Crippen LogP contribution in [0.2, 0.25) is 0 Å². The Balaban J connectivity index is 1.81. The predicted molar refractivity (Wildman–Crippen MR) is 98.5 cm³/mol. The molecule has 0 aliphatic heterocycles. The van der Waals surface area contributed by atoms with Crippen molar-refractivity contribution in [3.63, 3.8) is 0 Å². The van der Waals surface area contributed by atoms with Crippen LogP contribution in [-0.4, -0.2) is 18.0 Å². The van der Waals surface area contributed by atoms with Gasteiger partial charge in [-0.25, -0.2) is 4.79 Å². The van der Waals surface area contributed by atoms with E-state index in [4.69, 9.17) is 4.74 Å². The summed E-state index contributed by atoms with van der Waals surface area (Å²) in [4.78, 5) is 23.7. The molecule has 0 spiro atoms. The number of hydrogen-bond acceptors (Lipinski definition) is 4. The number of carbonyl (C=O) groups excluding carboxylic acids is 2. The number of anilines is 1. The minimum atomic E-state index is -4.40. The van der Waals surface area contributed by atoms with E-state index >= 15 is 0 Å². The number of benzene rings is 2. The van der Waals surface area contributed by atoms with E-state index in [1.54, 1.807) is 24.3 Å². The number of amides is 2. The van der Waals surface area contributed by atoms with Crippen LogP contribution >= 0.6 is 0 Å². The zero-order valence-electron chi connectivity index (χ0n) is 15.3. The topological polar surface area (TPSA) is 67.4 Å². The number of nitrogens with one attached hydrogen (secondary N) is 2. The molecule has 0 aromatic heterocycles. The van der Waals surface area contributed by atoms with Gasteiger partial charge in [-0.2, -0.15) is 13.2 Å². The minimum absolute atomic E-state index is 0.0298. The number of imide groups is 1. The zero-order chi connectivity index (χ0) is 20.6. The van der Waals surface area contributed by atoms with E-state index in [0.29, 0.717) is 12.1 Å². The summed E-state index contributed by atoms with van der Waals surface area (Å²) >= 11 is 0. The first-order chi connectivity index (χ1) is 13.3. The van der Waals surface area contributed by atoms with Crippen molar-refractivity contribution in [3.05, 3.63) is 65.7 Å². The average Bonchev–Trinajstić information content (AvgIpc) is 2.66. The van der Waals surface area contributed by atoms with Gasteiger partial charge in [0.1, 0.15) is 6.61 Å². The number of alkyl carbamates (subject to hydrolysis) is 1. The van der Waals surface area contributed by atoms with E-state index in [-0.39, 0.29) is 19.1 Å². The first-order valence-corrected chi connectivity index (χ1v) is 8.72. The number of hydrogen-bond donors (Lipinski definition) is 2. The average molecular weight is 394 g/mol. The van der Waals surface area contributed by atoms with Crippen LogP contribution in [-0.2, 0) is 22.3 Å². The lowest BCUT2D eigenvalue weighted by Crippen LogP contribution is -2.35. The SMILES string of the molecule is CC[C@@H](CC(=O)NC(=O)OCc1ccccc1)Nc1ccc(C(F)(F)F)cc1. The fourth-order valence-electron chi connectivity index (χ4n) is 2.44. The van der Waals surface area contributed by atoms with Gasteiger partial charge in [-0.15, -0.1) is 0 Å². The lowest BCUT2D eigenvalue weighted by Gasteiger charge is -2.18. The van der Waals surface area contributed by atoms with Crippen LogP contribution < -0.4 is 10.6 Å². The van der Waals surface area contributed by atoms with E-state index in [9.17, 15) is 22.8 Å². The largest absolute Gasteiger partial charge is 0.444 e. The Kier molecular flexibility index (Phi) is 7.43. The van der Waals surface area contributed by atoms with E-state index in [0.717, 1.165) is 17.7 Å². The molecule has 0 saturated carbocycles. The molecule has 5 nitrogen and oxygen atoms in total. The second-order valence-corrected chi connectivity index (χ2v) is 6.14. The molecule has 0 heterocycles. The summed E-state index contributed by atoms with van der Waals surface area (Å²) in [5.74, 6) is -0.538. The van der Waals surface area contributed by atoms with Gasteiger partial charge in [-0.3, -0.25) is 10.1 Å². The molecule has 0 fully saturated rings. The van der Waals surface area contributed by atoms with Gasteiger partial charge in [0.2, 0.25) is 5.91 Å². The first kappa shape index (κ1) is 21.3. The molecule has 28 heavy (non-hydrogen) atoms. The summed E-state index contributed by atoms with van der Waals surface area (Å²) in [5, 5.41) is 5.13. The third-order valence-electron chi connectivity index (χ3n) is 3.96. The normalized spacial score (nSPS) is 12.1. The molecule has 0 bridgehead atoms. The molecule has 2 amide bonds. The van der Waals surface area contributed by atoms with Gasteiger partial charge in [-0.05, 0) is 36.2 Å². The van der Waals surface area contributed by atoms with E-state index in [1.165, 1.54) is 12.1 Å². The molecule has 150 valence electrons. The number of carbonyl (C=O) groups is 2. The van der Waals surface area contributed by atoms with Gasteiger partial charge in [-0.1, -0.05) is 37.3 Å². The van der Waals surface area contributed by atoms with Crippen molar-refractivity contribution >= 4 is 17.7 Å². The van der Waals surface area contributed by atoms with E-state index < -0.39 is 23.7 Å². The Morgan fingerprint density at radius 1 is 1.04 bits per heavy atom. The molecule has 2 rings (SSSR count). The molecule has 8 heteroatoms. The Hall–Kier alpha value is -3.03. The number of alkyl halides is 3. The molecule has 0 unspecified atom stereocenters. The van der Waals surface area contributed by atoms with E-state index in [1.807, 2.05) is 13.0 Å². The van der Waals surface area contributed by atoms with Crippen molar-refractivity contribution in [1.29, 1.82) is 0 Å². The summed E-state index contributed by atoms with van der Waals surface area (Å²) in [6.45, 7) is 1.86. The molecule has 1 atom stereocenters. The fourth-order valence-corrected chi connectivity index (χ4v) is 2.44. The third-order valence-corrected chi connectivity index (χ3v) is 3.96. The molecular formula is C20H21F3N2O3. The van der Waals surface area contributed by atoms with Crippen LogP contribution in [0.4, 0.5) is 23.7 Å². The van der Waals surface area contributed by atoms with Crippen molar-refractivity contribution in [2.24, 2.45) is 0 Å². The molecule has 0 aliphatic rings. The summed E-state index contributed by atoms with van der Waals surface area (Å²) in [6, 6.07) is 13.2. The molecule has 2 aromatic carbocycles. The fraction of sp³-hybridized carbons (Fsp3) is 0.300. The van der Waals surface area contributed by atoms with Crippen LogP contribution in [0.15, 0.2) is 54.6 Å². The predicted octanol–water partition coefficient (Wildman–Crippen LogP) is 4.74. The van der Waals surface area contributed by atoms with Crippen molar-refractivity contribution in [2.75, 3.05) is 5.32 Å². The third kappa shape index (κ3) is 6.94. The van der Waals surface area contributed by atoms with Crippen LogP contribution in [0.5, 0.6) is 0 Å². The second kappa shape index (κ2) is 9.77. The maximum Gasteiger partial charge on any atom is 0.416 e. The minimum Gasteiger partial charge on any atom is -0.444 e. The maximum atomic E-state index is 12.6. The van der Waals surface area contributed by atoms with E-state index in [2.05, 4.69) is 10.6 Å². The van der Waals surface area contributed by atoms with Gasteiger partial charge < -0.3 is 10.1 Å². The van der Waals surface area contributed by atoms with Crippen LogP contribution in [0.1, 0.15) is 30.9 Å². The molecule has 2 aromatic rings. The van der Waals surface area contributed by atoms with Gasteiger partial charge >= 0.3 is 12.3 Å². The Morgan fingerprint density at radius 3 is 2.25 bits per heavy atom. The van der Waals surface area contributed by atoms with Gasteiger partial charge in [0, 0.05) is 18.2 Å². The van der Waals surface area contributed by atoms with Gasteiger partial charge in [0.25, 0.3) is 0 Å². The second-order valence-electron chi connectivity index (χ2n) is 6.14. The molecule has 0 radical (unpaired) electrons. The summed E-state index contributed by atoms with van der Waals surface area (Å²) in [7, 11) is 0. The first-order valence-electron chi connectivity index (χ1n) is 8.72. The highest BCUT2D eigenvalue weighted by Crippen LogP contribution is 2.30. The monoisotopic (exact) mass is 394 g/mol. The van der Waals surface area contributed by atoms with Crippen molar-refractivity contribution in [2.45, 2.75) is 38.6 Å². The highest BCUT2D eigenvalue weighted by molar-refractivity contribution is 5.92. The Labute approximate surface area is 160 Å². The quantitative estimate of drug-likeness (QED) is 0.712. The molecule has 2 N–H and O–H groups in total. The summed E-state index contributed by atoms with van der Waals surface area (Å²) in [6.07, 6.45) is -4.74. The molecule has 0 aliphatic carbocycles. The van der Waals surface area contributed by atoms with Gasteiger partial charge in [0.05, 0.1) is 5.56 Å². The highest BCUT2D eigenvalue weighted by Gasteiger charge is 2.30. The Bertz CT molecular complexity index is 778. The van der Waals surface area contributed by atoms with Crippen LogP contribution in [0.3, 0.4) is 0 Å². The standard InChI is InChI=1S/C20H21F3N2O3/c1-2-16(24-17-10-8-15(9-11-17)20(21,22)23)12-18(26)25-19(27)28-13-14-6-4-3-5-7-14/h3-11,16,24H,2,12-13H2,1H3,(H,25,26,27)/t16-/m0/s1. The lowest BCUT2D eigenvalue weighted by atomic mass is 10.1. The number of ether oxygens (including phenoxy) is 1. The number of rotatable bonds is 7. The smallest absolute Gasteiger partial charge is 0.416 e. The van der Waals surface area contributed by atoms with Crippen LogP contribution in [0.25, 0.3) is 0 Å². The zero-order valence-corrected chi connectivity index (χ0v) is 15.3. The molecule has 0 saturated heterocycles. The highest BCUT2D eigenvalue weighted by atomic mass is 19.4. The van der Waals surface area contributed by atoms with Crippen molar-refractivity contribution < 1.29 is 27.5 Å². The summed E-state index contributed by atoms with van der Waals surface area (Å²) < 4.78 is 42.8. The van der Waals surface area contributed by atoms with Gasteiger partial charge in [0.15, 0.2) is 0 Å². The van der Waals surface area contributed by atoms with Crippen LogP contribution in [0, 0.1) is 0 Å².